The molecule has 0 fully saturated rings. The van der Waals surface area contributed by atoms with Crippen LogP contribution in [0.1, 0.15) is 11.1 Å². The van der Waals surface area contributed by atoms with Crippen LogP contribution in [0.4, 0.5) is 0 Å². The van der Waals surface area contributed by atoms with Gasteiger partial charge in [0.15, 0.2) is 0 Å². The van der Waals surface area contributed by atoms with Gasteiger partial charge in [-0.25, -0.2) is 8.42 Å². The molecule has 0 aromatic heterocycles. The molecular formula is C26H20Br2O4S. The Bertz CT molecular complexity index is 1370. The summed E-state index contributed by atoms with van der Waals surface area (Å²) in [6, 6.07) is 24.3. The number of ether oxygens (including phenoxy) is 2. The van der Waals surface area contributed by atoms with Gasteiger partial charge >= 0.3 is 0 Å². The lowest BCUT2D eigenvalue weighted by atomic mass is 10.2. The first-order valence-electron chi connectivity index (χ1n) is 10.0. The molecule has 0 amide bonds. The molecule has 0 atom stereocenters. The molecule has 0 aliphatic rings. The van der Waals surface area contributed by atoms with Crippen molar-refractivity contribution in [3.8, 4) is 23.0 Å². The molecule has 33 heavy (non-hydrogen) atoms. The first-order valence-corrected chi connectivity index (χ1v) is 13.1. The Kier molecular flexibility index (Phi) is 6.93. The lowest BCUT2D eigenvalue weighted by Gasteiger charge is -2.13. The highest BCUT2D eigenvalue weighted by Crippen LogP contribution is 2.35. The fraction of sp³-hybridized carbons (Fsp3) is 0.0769. The van der Waals surface area contributed by atoms with Crippen molar-refractivity contribution in [2.75, 3.05) is 0 Å². The fourth-order valence-electron chi connectivity index (χ4n) is 3.36. The summed E-state index contributed by atoms with van der Waals surface area (Å²) in [7, 11) is -3.81. The smallest absolute Gasteiger partial charge is 0.210 e. The minimum atomic E-state index is -3.81. The highest BCUT2D eigenvalue weighted by Gasteiger charge is 2.22. The minimum absolute atomic E-state index is 0.0962. The van der Waals surface area contributed by atoms with Gasteiger partial charge in [-0.1, -0.05) is 44.0 Å². The molecule has 4 aromatic rings. The number of sulfone groups is 1. The average Bonchev–Trinajstić information content (AvgIpc) is 2.73. The van der Waals surface area contributed by atoms with Gasteiger partial charge in [-0.05, 0) is 97.8 Å². The summed E-state index contributed by atoms with van der Waals surface area (Å²) in [6.45, 7) is 3.92. The van der Waals surface area contributed by atoms with Crippen molar-refractivity contribution in [3.05, 3.63) is 105 Å². The SMILES string of the molecule is Cc1cc(Br)cc(Oc2ccc(S(=O)(=O)c3ccccc3Oc3cc(C)cc(Br)c3)cc2)c1. The molecule has 168 valence electrons. The Morgan fingerprint density at radius 1 is 0.636 bits per heavy atom. The van der Waals surface area contributed by atoms with Gasteiger partial charge < -0.3 is 9.47 Å². The molecule has 4 nitrogen and oxygen atoms in total. The third kappa shape index (κ3) is 5.66. The van der Waals surface area contributed by atoms with Crippen molar-refractivity contribution >= 4 is 41.7 Å². The van der Waals surface area contributed by atoms with E-state index < -0.39 is 9.84 Å². The van der Waals surface area contributed by atoms with Gasteiger partial charge in [-0.15, -0.1) is 0 Å². The van der Waals surface area contributed by atoms with Crippen LogP contribution in [0.25, 0.3) is 0 Å². The molecule has 0 unspecified atom stereocenters. The van der Waals surface area contributed by atoms with E-state index in [2.05, 4.69) is 31.9 Å². The van der Waals surface area contributed by atoms with Gasteiger partial charge in [0.05, 0.1) is 4.90 Å². The van der Waals surface area contributed by atoms with Crippen LogP contribution in [0.2, 0.25) is 0 Å². The van der Waals surface area contributed by atoms with E-state index in [1.165, 1.54) is 12.1 Å². The Balaban J connectivity index is 1.62. The zero-order valence-electron chi connectivity index (χ0n) is 17.9. The van der Waals surface area contributed by atoms with Crippen molar-refractivity contribution in [1.29, 1.82) is 0 Å². The molecule has 0 aliphatic heterocycles. The summed E-state index contributed by atoms with van der Waals surface area (Å²) in [6.07, 6.45) is 0. The second-order valence-electron chi connectivity index (χ2n) is 7.55. The van der Waals surface area contributed by atoms with E-state index in [-0.39, 0.29) is 15.5 Å². The fourth-order valence-corrected chi connectivity index (χ4v) is 5.91. The number of para-hydroxylation sites is 1. The van der Waals surface area contributed by atoms with Gasteiger partial charge in [0.2, 0.25) is 9.84 Å². The van der Waals surface area contributed by atoms with Crippen molar-refractivity contribution in [1.82, 2.24) is 0 Å². The average molecular weight is 588 g/mol. The van der Waals surface area contributed by atoms with Crippen LogP contribution in [0.5, 0.6) is 23.0 Å². The summed E-state index contributed by atoms with van der Waals surface area (Å²) in [5, 5.41) is 0. The zero-order chi connectivity index (χ0) is 23.6. The number of aryl methyl sites for hydroxylation is 2. The molecule has 7 heteroatoms. The highest BCUT2D eigenvalue weighted by molar-refractivity contribution is 9.10. The van der Waals surface area contributed by atoms with Crippen LogP contribution in [0.3, 0.4) is 0 Å². The third-order valence-corrected chi connectivity index (χ3v) is 7.49. The van der Waals surface area contributed by atoms with Crippen molar-refractivity contribution in [2.45, 2.75) is 23.6 Å². The quantitative estimate of drug-likeness (QED) is 0.228. The van der Waals surface area contributed by atoms with Gasteiger partial charge in [-0.2, -0.15) is 0 Å². The van der Waals surface area contributed by atoms with Gasteiger partial charge in [0.25, 0.3) is 0 Å². The van der Waals surface area contributed by atoms with E-state index in [0.29, 0.717) is 17.2 Å². The molecule has 4 rings (SSSR count). The summed E-state index contributed by atoms with van der Waals surface area (Å²) < 4.78 is 40.4. The van der Waals surface area contributed by atoms with Crippen LogP contribution in [-0.4, -0.2) is 8.42 Å². The highest BCUT2D eigenvalue weighted by atomic mass is 79.9. The topological polar surface area (TPSA) is 52.6 Å². The third-order valence-electron chi connectivity index (χ3n) is 4.77. The summed E-state index contributed by atoms with van der Waals surface area (Å²) in [5.74, 6) is 2.03. The number of hydrogen-bond donors (Lipinski definition) is 0. The van der Waals surface area contributed by atoms with Crippen molar-refractivity contribution in [2.24, 2.45) is 0 Å². The molecule has 0 N–H and O–H groups in total. The molecule has 0 radical (unpaired) electrons. The summed E-state index contributed by atoms with van der Waals surface area (Å²) in [4.78, 5) is 0.251. The van der Waals surface area contributed by atoms with Crippen LogP contribution in [0, 0.1) is 13.8 Å². The Labute approximate surface area is 210 Å². The Morgan fingerprint density at radius 3 is 1.76 bits per heavy atom. The standard InChI is InChI=1S/C26H20Br2O4S/c1-17-11-19(27)15-22(13-17)31-21-7-9-24(10-8-21)33(29,30)26-6-4-3-5-25(26)32-23-14-18(2)12-20(28)16-23/h3-16H,1-2H3. The first kappa shape index (κ1) is 23.5. The van der Waals surface area contributed by atoms with Crippen LogP contribution in [-0.2, 0) is 9.84 Å². The summed E-state index contributed by atoms with van der Waals surface area (Å²) >= 11 is 6.90. The van der Waals surface area contributed by atoms with E-state index >= 15 is 0 Å². The molecule has 0 aliphatic carbocycles. The van der Waals surface area contributed by atoms with Crippen LogP contribution in [0.15, 0.2) is 104 Å². The van der Waals surface area contributed by atoms with E-state index in [1.807, 2.05) is 44.2 Å². The maximum absolute atomic E-state index is 13.4. The van der Waals surface area contributed by atoms with Gasteiger partial charge in [0.1, 0.15) is 27.9 Å². The number of hydrogen-bond acceptors (Lipinski definition) is 4. The van der Waals surface area contributed by atoms with Crippen molar-refractivity contribution in [3.63, 3.8) is 0 Å². The Morgan fingerprint density at radius 2 is 1.18 bits per heavy atom. The molecule has 0 spiro atoms. The largest absolute Gasteiger partial charge is 0.457 e. The maximum atomic E-state index is 13.4. The van der Waals surface area contributed by atoms with Crippen LogP contribution >= 0.6 is 31.9 Å². The predicted octanol–water partition coefficient (Wildman–Crippen LogP) is 8.25. The minimum Gasteiger partial charge on any atom is -0.457 e. The van der Waals surface area contributed by atoms with Gasteiger partial charge in [-0.3, -0.25) is 0 Å². The molecule has 0 heterocycles. The lowest BCUT2D eigenvalue weighted by Crippen LogP contribution is -2.04. The normalized spacial score (nSPS) is 11.3. The monoisotopic (exact) mass is 586 g/mol. The molecular weight excluding hydrogens is 568 g/mol. The number of benzene rings is 4. The molecule has 4 aromatic carbocycles. The molecule has 0 bridgehead atoms. The molecule has 0 saturated heterocycles. The summed E-state index contributed by atoms with van der Waals surface area (Å²) in [5.41, 5.74) is 2.05. The van der Waals surface area contributed by atoms with Crippen molar-refractivity contribution < 1.29 is 17.9 Å². The predicted molar refractivity (Wildman–Crippen MR) is 136 cm³/mol. The number of halogens is 2. The van der Waals surface area contributed by atoms with E-state index in [0.717, 1.165) is 20.1 Å². The maximum Gasteiger partial charge on any atom is 0.210 e. The lowest BCUT2D eigenvalue weighted by molar-refractivity contribution is 0.467. The van der Waals surface area contributed by atoms with E-state index in [9.17, 15) is 8.42 Å². The van der Waals surface area contributed by atoms with Crippen LogP contribution < -0.4 is 9.47 Å². The van der Waals surface area contributed by atoms with E-state index in [1.54, 1.807) is 42.5 Å². The van der Waals surface area contributed by atoms with Gasteiger partial charge in [0, 0.05) is 8.95 Å². The second kappa shape index (κ2) is 9.71. The molecule has 0 saturated carbocycles. The zero-order valence-corrected chi connectivity index (χ0v) is 21.9. The second-order valence-corrected chi connectivity index (χ2v) is 11.3. The van der Waals surface area contributed by atoms with E-state index in [4.69, 9.17) is 9.47 Å². The Hall–Kier alpha value is -2.61. The number of rotatable bonds is 6. The first-order chi connectivity index (χ1) is 15.7.